The predicted octanol–water partition coefficient (Wildman–Crippen LogP) is 6.88. The van der Waals surface area contributed by atoms with E-state index in [-0.39, 0.29) is 36.4 Å². The molecule has 3 aliphatic rings. The minimum absolute atomic E-state index is 0.138. The summed E-state index contributed by atoms with van der Waals surface area (Å²) < 4.78 is 19.2. The highest BCUT2D eigenvalue weighted by molar-refractivity contribution is 5.83. The van der Waals surface area contributed by atoms with E-state index in [1.807, 2.05) is 48.5 Å². The maximum Gasteiger partial charge on any atom is 0.147 e. The molecule has 7 atom stereocenters. The van der Waals surface area contributed by atoms with Crippen LogP contribution in [0.3, 0.4) is 0 Å². The van der Waals surface area contributed by atoms with Gasteiger partial charge in [0.05, 0.1) is 25.4 Å². The van der Waals surface area contributed by atoms with Gasteiger partial charge in [0.15, 0.2) is 0 Å². The lowest BCUT2D eigenvalue weighted by Crippen LogP contribution is -2.69. The highest BCUT2D eigenvalue weighted by Crippen LogP contribution is 2.62. The van der Waals surface area contributed by atoms with Crippen molar-refractivity contribution in [2.45, 2.75) is 90.8 Å². The molecule has 0 aliphatic heterocycles. The molecule has 0 radical (unpaired) electrons. The zero-order chi connectivity index (χ0) is 28.5. The van der Waals surface area contributed by atoms with Crippen molar-refractivity contribution in [2.24, 2.45) is 28.6 Å². The number of carbonyl (C=O) groups excluding carboxylic acids is 1. The van der Waals surface area contributed by atoms with Crippen LogP contribution in [0, 0.1) is 28.6 Å². The molecule has 2 aromatic rings. The second-order valence-corrected chi connectivity index (χ2v) is 13.3. The highest BCUT2D eigenvalue weighted by Gasteiger charge is 2.67. The Kier molecular flexibility index (Phi) is 8.41. The molecule has 3 aliphatic carbocycles. The minimum Gasteiger partial charge on any atom is -0.389 e. The first kappa shape index (κ1) is 29.2. The van der Waals surface area contributed by atoms with Gasteiger partial charge in [-0.2, -0.15) is 0 Å². The van der Waals surface area contributed by atoms with E-state index < -0.39 is 22.5 Å². The van der Waals surface area contributed by atoms with Crippen LogP contribution in [0.5, 0.6) is 0 Å². The Morgan fingerprint density at radius 1 is 0.925 bits per heavy atom. The van der Waals surface area contributed by atoms with E-state index in [1.165, 1.54) is 0 Å². The van der Waals surface area contributed by atoms with E-state index in [2.05, 4.69) is 46.4 Å². The van der Waals surface area contributed by atoms with Crippen molar-refractivity contribution < 1.29 is 24.1 Å². The van der Waals surface area contributed by atoms with Crippen LogP contribution in [-0.2, 0) is 32.2 Å². The van der Waals surface area contributed by atoms with Gasteiger partial charge in [-0.1, -0.05) is 101 Å². The van der Waals surface area contributed by atoms with Crippen LogP contribution in [0.25, 0.3) is 0 Å². The number of aliphatic hydroxyl groups is 1. The molecule has 3 saturated carbocycles. The molecule has 1 N–H and O–H groups in total. The lowest BCUT2D eigenvalue weighted by Gasteiger charge is -2.63. The molecule has 216 valence electrons. The van der Waals surface area contributed by atoms with E-state index in [9.17, 15) is 9.90 Å². The van der Waals surface area contributed by atoms with Gasteiger partial charge in [-0.05, 0) is 42.7 Å². The fraction of sp³-hybridized carbons (Fsp3) is 0.571. The second kappa shape index (κ2) is 11.5. The van der Waals surface area contributed by atoms with Crippen molar-refractivity contribution in [1.82, 2.24) is 0 Å². The summed E-state index contributed by atoms with van der Waals surface area (Å²) in [6.45, 7) is 14.0. The number of fused-ring (bicyclic) bond motifs is 3. The van der Waals surface area contributed by atoms with Crippen molar-refractivity contribution in [3.05, 3.63) is 83.9 Å². The standard InChI is InChI=1S/C35H46O5/c1-24-16-17-29(39-23-38-21-26-12-8-6-9-13-26)34(5)20-28(36)30-25(2)18-19-35(33(30,3)4,32(37)31(24)34)40-22-27-14-10-7-11-15-27/h6-15,25,29-32,37H,1,16-23H2,2-5H3/t25?,29-,30?,31-,32-,34+,35+/m0/s1. The lowest BCUT2D eigenvalue weighted by atomic mass is 9.45. The molecular weight excluding hydrogens is 500 g/mol. The molecule has 0 spiro atoms. The van der Waals surface area contributed by atoms with Crippen LogP contribution < -0.4 is 0 Å². The van der Waals surface area contributed by atoms with E-state index in [0.29, 0.717) is 26.1 Å². The third-order valence-corrected chi connectivity index (χ3v) is 10.5. The average molecular weight is 547 g/mol. The summed E-state index contributed by atoms with van der Waals surface area (Å²) in [7, 11) is 0. The summed E-state index contributed by atoms with van der Waals surface area (Å²) in [5.41, 5.74) is 1.08. The van der Waals surface area contributed by atoms with Crippen LogP contribution in [-0.4, -0.2) is 35.5 Å². The third-order valence-electron chi connectivity index (χ3n) is 10.5. The Labute approximate surface area is 239 Å². The van der Waals surface area contributed by atoms with Crippen LogP contribution in [0.1, 0.15) is 70.9 Å². The Morgan fingerprint density at radius 3 is 2.20 bits per heavy atom. The summed E-state index contributed by atoms with van der Waals surface area (Å²) in [4.78, 5) is 14.3. The number of rotatable bonds is 8. The zero-order valence-electron chi connectivity index (χ0n) is 24.6. The van der Waals surface area contributed by atoms with E-state index in [1.54, 1.807) is 0 Å². The van der Waals surface area contributed by atoms with Crippen molar-refractivity contribution in [2.75, 3.05) is 6.79 Å². The number of hydrogen-bond donors (Lipinski definition) is 1. The van der Waals surface area contributed by atoms with Gasteiger partial charge in [-0.25, -0.2) is 0 Å². The molecule has 0 aromatic heterocycles. The Morgan fingerprint density at radius 2 is 1.55 bits per heavy atom. The molecule has 2 unspecified atom stereocenters. The number of benzene rings is 2. The fourth-order valence-electron chi connectivity index (χ4n) is 8.45. The van der Waals surface area contributed by atoms with Crippen molar-refractivity contribution >= 4 is 5.78 Å². The van der Waals surface area contributed by atoms with Gasteiger partial charge < -0.3 is 19.3 Å². The number of aliphatic hydroxyl groups excluding tert-OH is 1. The second-order valence-electron chi connectivity index (χ2n) is 13.3. The molecule has 2 aromatic carbocycles. The molecule has 5 rings (SSSR count). The smallest absolute Gasteiger partial charge is 0.147 e. The van der Waals surface area contributed by atoms with Gasteiger partial charge in [-0.15, -0.1) is 0 Å². The van der Waals surface area contributed by atoms with E-state index in [4.69, 9.17) is 14.2 Å². The first-order chi connectivity index (χ1) is 19.1. The summed E-state index contributed by atoms with van der Waals surface area (Å²) in [5.74, 6) is -0.0789. The van der Waals surface area contributed by atoms with Gasteiger partial charge in [0, 0.05) is 29.1 Å². The quantitative estimate of drug-likeness (QED) is 0.222. The molecule has 5 heteroatoms. The predicted molar refractivity (Wildman–Crippen MR) is 156 cm³/mol. The third kappa shape index (κ3) is 5.11. The molecule has 3 fully saturated rings. The maximum absolute atomic E-state index is 14.3. The Hall–Kier alpha value is -2.31. The van der Waals surface area contributed by atoms with Gasteiger partial charge in [-0.3, -0.25) is 4.79 Å². The van der Waals surface area contributed by atoms with Crippen LogP contribution in [0.2, 0.25) is 0 Å². The summed E-state index contributed by atoms with van der Waals surface area (Å²) in [6.07, 6.45) is 2.33. The first-order valence-electron chi connectivity index (χ1n) is 14.9. The van der Waals surface area contributed by atoms with E-state index in [0.717, 1.165) is 36.0 Å². The number of hydrogen-bond acceptors (Lipinski definition) is 5. The minimum atomic E-state index is -0.892. The zero-order valence-corrected chi connectivity index (χ0v) is 24.6. The van der Waals surface area contributed by atoms with Gasteiger partial charge in [0.1, 0.15) is 18.2 Å². The molecule has 40 heavy (non-hydrogen) atoms. The Balaban J connectivity index is 1.46. The van der Waals surface area contributed by atoms with Crippen LogP contribution >= 0.6 is 0 Å². The van der Waals surface area contributed by atoms with Gasteiger partial charge in [0.25, 0.3) is 0 Å². The number of Topliss-reactive ketones (excluding diaryl/α,β-unsaturated/α-hetero) is 1. The first-order valence-corrected chi connectivity index (χ1v) is 14.9. The average Bonchev–Trinajstić information content (AvgIpc) is 2.92. The summed E-state index contributed by atoms with van der Waals surface area (Å²) >= 11 is 0. The summed E-state index contributed by atoms with van der Waals surface area (Å²) in [6, 6.07) is 20.1. The SMILES string of the molecule is C=C1CC[C@H](OCOCc2ccccc2)[C@@]2(C)CC(=O)C3C(C)CC[C@@](OCc4ccccc4)([C@@H](O)[C@H]12)C3(C)C. The lowest BCUT2D eigenvalue weighted by molar-refractivity contribution is -0.265. The number of ether oxygens (including phenoxy) is 3. The molecule has 0 amide bonds. The topological polar surface area (TPSA) is 65.0 Å². The molecule has 2 bridgehead atoms. The molecular formula is C35H46O5. The van der Waals surface area contributed by atoms with Crippen LogP contribution in [0.4, 0.5) is 0 Å². The molecule has 0 heterocycles. The molecule has 5 nitrogen and oxygen atoms in total. The van der Waals surface area contributed by atoms with Crippen LogP contribution in [0.15, 0.2) is 72.8 Å². The van der Waals surface area contributed by atoms with E-state index >= 15 is 0 Å². The fourth-order valence-corrected chi connectivity index (χ4v) is 8.45. The van der Waals surface area contributed by atoms with Crippen molar-refractivity contribution in [1.29, 1.82) is 0 Å². The number of ketones is 1. The van der Waals surface area contributed by atoms with Crippen molar-refractivity contribution in [3.63, 3.8) is 0 Å². The molecule has 0 saturated heterocycles. The van der Waals surface area contributed by atoms with Crippen molar-refractivity contribution in [3.8, 4) is 0 Å². The largest absolute Gasteiger partial charge is 0.389 e. The monoisotopic (exact) mass is 546 g/mol. The highest BCUT2D eigenvalue weighted by atomic mass is 16.7. The maximum atomic E-state index is 14.3. The summed E-state index contributed by atoms with van der Waals surface area (Å²) in [5, 5.41) is 12.5. The Bertz CT molecular complexity index is 1180. The number of carbonyl (C=O) groups is 1. The van der Waals surface area contributed by atoms with Gasteiger partial charge >= 0.3 is 0 Å². The normalized spacial score (nSPS) is 35.5. The van der Waals surface area contributed by atoms with Gasteiger partial charge in [0.2, 0.25) is 0 Å².